The molecular formula is C9H17NO3. The Hall–Kier alpha value is -0.870. The summed E-state index contributed by atoms with van der Waals surface area (Å²) in [5.74, 6) is -0.320. The van der Waals surface area contributed by atoms with E-state index in [0.29, 0.717) is 6.61 Å². The molecule has 0 aromatic carbocycles. The second kappa shape index (κ2) is 6.62. The highest BCUT2D eigenvalue weighted by atomic mass is 16.5. The highest BCUT2D eigenvalue weighted by Crippen LogP contribution is 2.00. The summed E-state index contributed by atoms with van der Waals surface area (Å²) in [5, 5.41) is 2.83. The molecule has 0 unspecified atom stereocenters. The van der Waals surface area contributed by atoms with Gasteiger partial charge in [-0.25, -0.2) is 0 Å². The Morgan fingerprint density at radius 2 is 2.31 bits per heavy atom. The van der Waals surface area contributed by atoms with E-state index in [1.165, 1.54) is 7.11 Å². The first-order chi connectivity index (χ1) is 6.17. The number of likely N-dealkylation sites (N-methyl/N-ethyl adjacent to an activating group) is 1. The number of ether oxygens (including phenoxy) is 2. The van der Waals surface area contributed by atoms with Crippen molar-refractivity contribution in [3.63, 3.8) is 0 Å². The zero-order chi connectivity index (χ0) is 10.3. The number of hydrogen-bond donors (Lipinski definition) is 1. The van der Waals surface area contributed by atoms with Crippen molar-refractivity contribution in [3.8, 4) is 0 Å². The number of hydrogen-bond acceptors (Lipinski definition) is 4. The first-order valence-corrected chi connectivity index (χ1v) is 4.15. The number of rotatable bonds is 6. The summed E-state index contributed by atoms with van der Waals surface area (Å²) in [6.45, 7) is 5.76. The van der Waals surface area contributed by atoms with Crippen LogP contribution in [0.5, 0.6) is 0 Å². The molecule has 0 heterocycles. The minimum absolute atomic E-state index is 0.226. The van der Waals surface area contributed by atoms with Gasteiger partial charge in [-0.05, 0) is 14.0 Å². The smallest absolute Gasteiger partial charge is 0.325 e. The molecule has 0 radical (unpaired) electrons. The molecule has 0 aliphatic rings. The van der Waals surface area contributed by atoms with Crippen LogP contribution in [-0.2, 0) is 14.3 Å². The lowest BCUT2D eigenvalue weighted by molar-refractivity contribution is -0.146. The average Bonchev–Trinajstić information content (AvgIpc) is 2.15. The maximum Gasteiger partial charge on any atom is 0.325 e. The van der Waals surface area contributed by atoms with Crippen LogP contribution in [0.3, 0.4) is 0 Å². The van der Waals surface area contributed by atoms with Gasteiger partial charge < -0.3 is 14.8 Å². The molecule has 0 saturated heterocycles. The zero-order valence-electron chi connectivity index (χ0n) is 8.37. The fraction of sp³-hybridized carbons (Fsp3) is 0.667. The maximum absolute atomic E-state index is 11.2. The van der Waals surface area contributed by atoms with Crippen LogP contribution in [0.4, 0.5) is 0 Å². The van der Waals surface area contributed by atoms with Crippen molar-refractivity contribution in [2.75, 3.05) is 20.8 Å². The van der Waals surface area contributed by atoms with Gasteiger partial charge in [-0.1, -0.05) is 6.08 Å². The summed E-state index contributed by atoms with van der Waals surface area (Å²) in [6.07, 6.45) is 1.41. The normalized spacial score (nSPS) is 14.7. The first-order valence-electron chi connectivity index (χ1n) is 4.15. The lowest BCUT2D eigenvalue weighted by Crippen LogP contribution is -2.44. The molecule has 1 N–H and O–H groups in total. The maximum atomic E-state index is 11.2. The van der Waals surface area contributed by atoms with E-state index in [1.54, 1.807) is 13.1 Å². The van der Waals surface area contributed by atoms with E-state index in [9.17, 15) is 4.79 Å². The van der Waals surface area contributed by atoms with Gasteiger partial charge in [0.1, 0.15) is 6.04 Å². The predicted molar refractivity (Wildman–Crippen MR) is 50.5 cm³/mol. The third-order valence-electron chi connectivity index (χ3n) is 1.71. The van der Waals surface area contributed by atoms with Crippen molar-refractivity contribution in [1.29, 1.82) is 0 Å². The summed E-state index contributed by atoms with van der Waals surface area (Å²) < 4.78 is 9.88. The highest BCUT2D eigenvalue weighted by molar-refractivity contribution is 5.76. The van der Waals surface area contributed by atoms with E-state index in [0.717, 1.165) is 0 Å². The minimum Gasteiger partial charge on any atom is -0.468 e. The molecule has 0 saturated carbocycles. The predicted octanol–water partition coefficient (Wildman–Crippen LogP) is 0.338. The standard InChI is InChI=1S/C9H17NO3/c1-5-6-13-7(2)8(10-3)9(11)12-4/h5,7-8,10H,1,6H2,2-4H3/t7-,8+/m1/s1. The fourth-order valence-electron chi connectivity index (χ4n) is 0.987. The summed E-state index contributed by atoms with van der Waals surface area (Å²) in [4.78, 5) is 11.2. The van der Waals surface area contributed by atoms with E-state index in [4.69, 9.17) is 4.74 Å². The summed E-state index contributed by atoms with van der Waals surface area (Å²) in [6, 6.07) is -0.426. The van der Waals surface area contributed by atoms with Crippen LogP contribution >= 0.6 is 0 Å². The molecule has 0 spiro atoms. The average molecular weight is 187 g/mol. The summed E-state index contributed by atoms with van der Waals surface area (Å²) in [5.41, 5.74) is 0. The van der Waals surface area contributed by atoms with Crippen molar-refractivity contribution in [2.24, 2.45) is 0 Å². The molecule has 0 rings (SSSR count). The summed E-state index contributed by atoms with van der Waals surface area (Å²) >= 11 is 0. The molecule has 0 fully saturated rings. The number of nitrogens with one attached hydrogen (secondary N) is 1. The van der Waals surface area contributed by atoms with Crippen molar-refractivity contribution in [2.45, 2.75) is 19.1 Å². The Labute approximate surface area is 78.9 Å². The molecule has 0 aromatic rings. The van der Waals surface area contributed by atoms with Crippen molar-refractivity contribution >= 4 is 5.97 Å². The molecule has 0 amide bonds. The molecule has 4 heteroatoms. The van der Waals surface area contributed by atoms with Gasteiger partial charge in [0.2, 0.25) is 0 Å². The fourth-order valence-corrected chi connectivity index (χ4v) is 0.987. The van der Waals surface area contributed by atoms with Crippen LogP contribution < -0.4 is 5.32 Å². The Kier molecular flexibility index (Phi) is 6.18. The van der Waals surface area contributed by atoms with Crippen molar-refractivity contribution in [3.05, 3.63) is 12.7 Å². The number of carbonyl (C=O) groups is 1. The van der Waals surface area contributed by atoms with Gasteiger partial charge in [-0.2, -0.15) is 0 Å². The molecule has 13 heavy (non-hydrogen) atoms. The second-order valence-corrected chi connectivity index (χ2v) is 2.62. The van der Waals surface area contributed by atoms with Gasteiger partial charge >= 0.3 is 5.97 Å². The van der Waals surface area contributed by atoms with Gasteiger partial charge in [0, 0.05) is 0 Å². The minimum atomic E-state index is -0.426. The monoisotopic (exact) mass is 187 g/mol. The summed E-state index contributed by atoms with van der Waals surface area (Å²) in [7, 11) is 3.04. The molecule has 2 atom stereocenters. The lowest BCUT2D eigenvalue weighted by Gasteiger charge is -2.20. The second-order valence-electron chi connectivity index (χ2n) is 2.62. The van der Waals surface area contributed by atoms with E-state index in [2.05, 4.69) is 16.6 Å². The molecule has 4 nitrogen and oxygen atoms in total. The molecule has 0 bridgehead atoms. The van der Waals surface area contributed by atoms with Gasteiger partial charge in [0.25, 0.3) is 0 Å². The Morgan fingerprint density at radius 3 is 2.69 bits per heavy atom. The van der Waals surface area contributed by atoms with E-state index in [-0.39, 0.29) is 12.1 Å². The first kappa shape index (κ1) is 12.1. The Morgan fingerprint density at radius 1 is 1.69 bits per heavy atom. The van der Waals surface area contributed by atoms with Crippen molar-refractivity contribution < 1.29 is 14.3 Å². The topological polar surface area (TPSA) is 47.6 Å². The largest absolute Gasteiger partial charge is 0.468 e. The highest BCUT2D eigenvalue weighted by Gasteiger charge is 2.24. The quantitative estimate of drug-likeness (QED) is 0.481. The molecular weight excluding hydrogens is 170 g/mol. The molecule has 0 aliphatic heterocycles. The third kappa shape index (κ3) is 4.05. The van der Waals surface area contributed by atoms with Crippen LogP contribution in [0.1, 0.15) is 6.92 Å². The van der Waals surface area contributed by atoms with E-state index >= 15 is 0 Å². The molecule has 0 aliphatic carbocycles. The van der Waals surface area contributed by atoms with Crippen LogP contribution in [-0.4, -0.2) is 38.9 Å². The zero-order valence-corrected chi connectivity index (χ0v) is 8.37. The number of carbonyl (C=O) groups excluding carboxylic acids is 1. The Bertz CT molecular complexity index is 170. The molecule has 76 valence electrons. The van der Waals surface area contributed by atoms with Crippen LogP contribution in [0, 0.1) is 0 Å². The van der Waals surface area contributed by atoms with E-state index < -0.39 is 6.04 Å². The third-order valence-corrected chi connectivity index (χ3v) is 1.71. The van der Waals surface area contributed by atoms with Crippen molar-refractivity contribution in [1.82, 2.24) is 5.32 Å². The molecule has 0 aromatic heterocycles. The van der Waals surface area contributed by atoms with Gasteiger partial charge in [-0.15, -0.1) is 6.58 Å². The van der Waals surface area contributed by atoms with Crippen LogP contribution in [0.25, 0.3) is 0 Å². The van der Waals surface area contributed by atoms with Crippen LogP contribution in [0.15, 0.2) is 12.7 Å². The van der Waals surface area contributed by atoms with E-state index in [1.807, 2.05) is 6.92 Å². The SMILES string of the molecule is C=CCO[C@H](C)[C@H](NC)C(=O)OC. The van der Waals surface area contributed by atoms with Gasteiger partial charge in [0.05, 0.1) is 19.8 Å². The Balaban J connectivity index is 4.05. The number of esters is 1. The number of methoxy groups -OCH3 is 1. The van der Waals surface area contributed by atoms with Gasteiger partial charge in [0.15, 0.2) is 0 Å². The lowest BCUT2D eigenvalue weighted by atomic mass is 10.2. The van der Waals surface area contributed by atoms with Gasteiger partial charge in [-0.3, -0.25) is 4.79 Å². The van der Waals surface area contributed by atoms with Crippen LogP contribution in [0.2, 0.25) is 0 Å².